The van der Waals surface area contributed by atoms with Crippen LogP contribution in [0.3, 0.4) is 0 Å². The van der Waals surface area contributed by atoms with Crippen molar-refractivity contribution in [1.82, 2.24) is 29.1 Å². The van der Waals surface area contributed by atoms with Crippen LogP contribution in [0.15, 0.2) is 67.0 Å². The summed E-state index contributed by atoms with van der Waals surface area (Å²) < 4.78 is 4.12. The zero-order valence-electron chi connectivity index (χ0n) is 19.6. The molecule has 35 heavy (non-hydrogen) atoms. The Bertz CT molecular complexity index is 1780. The third kappa shape index (κ3) is 3.13. The Hall–Kier alpha value is -4.77. The largest absolute Gasteiger partial charge is 0.384 e. The Morgan fingerprint density at radius 2 is 1.69 bits per heavy atom. The van der Waals surface area contributed by atoms with Crippen molar-refractivity contribution in [3.8, 4) is 22.9 Å². The van der Waals surface area contributed by atoms with Crippen molar-refractivity contribution in [2.45, 2.75) is 26.2 Å². The quantitative estimate of drug-likeness (QED) is 0.401. The Labute approximate surface area is 201 Å². The van der Waals surface area contributed by atoms with Crippen molar-refractivity contribution in [3.63, 3.8) is 0 Å². The van der Waals surface area contributed by atoms with Gasteiger partial charge in [0.15, 0.2) is 0 Å². The number of rotatable bonds is 3. The number of nitrogen functional groups attached to an aromatic ring is 1. The standard InChI is InChI=1S/C27H22N8/c1-16-32-33-26-34(16)23-14-30-22-10-4-17(18-5-11-24(29)31-13-18)12-21(22)25(23)35(26)20-8-6-19(7-9-20)27(2,3)15-28/h4-14H,1-3H3,(H2,29,31). The molecule has 0 saturated carbocycles. The zero-order valence-corrected chi connectivity index (χ0v) is 19.6. The van der Waals surface area contributed by atoms with Gasteiger partial charge in [0, 0.05) is 22.8 Å². The van der Waals surface area contributed by atoms with E-state index in [0.29, 0.717) is 11.6 Å². The minimum absolute atomic E-state index is 0.486. The van der Waals surface area contributed by atoms with Crippen LogP contribution in [-0.4, -0.2) is 29.1 Å². The Morgan fingerprint density at radius 1 is 0.914 bits per heavy atom. The number of hydrogen-bond donors (Lipinski definition) is 1. The molecule has 0 bridgehead atoms. The summed E-state index contributed by atoms with van der Waals surface area (Å²) in [7, 11) is 0. The number of nitrogens with two attached hydrogens (primary N) is 1. The van der Waals surface area contributed by atoms with Gasteiger partial charge in [0.1, 0.15) is 11.6 Å². The lowest BCUT2D eigenvalue weighted by Crippen LogP contribution is -2.13. The number of fused-ring (bicyclic) bond motifs is 5. The van der Waals surface area contributed by atoms with Crippen LogP contribution in [0.2, 0.25) is 0 Å². The summed E-state index contributed by atoms with van der Waals surface area (Å²) in [5, 5.41) is 19.3. The maximum atomic E-state index is 9.54. The number of nitriles is 1. The molecule has 0 atom stereocenters. The summed E-state index contributed by atoms with van der Waals surface area (Å²) in [6, 6.07) is 20.4. The highest BCUT2D eigenvalue weighted by Crippen LogP contribution is 2.34. The van der Waals surface area contributed by atoms with Gasteiger partial charge in [-0.15, -0.1) is 10.2 Å². The molecule has 0 saturated heterocycles. The van der Waals surface area contributed by atoms with Gasteiger partial charge in [-0.1, -0.05) is 18.2 Å². The summed E-state index contributed by atoms with van der Waals surface area (Å²) in [6.45, 7) is 5.77. The highest BCUT2D eigenvalue weighted by Gasteiger charge is 2.22. The van der Waals surface area contributed by atoms with E-state index in [1.54, 1.807) is 12.3 Å². The number of aromatic nitrogens is 6. The number of nitrogens with zero attached hydrogens (tertiary/aromatic N) is 7. The predicted octanol–water partition coefficient (Wildman–Crippen LogP) is 4.98. The first-order valence-electron chi connectivity index (χ1n) is 11.3. The van der Waals surface area contributed by atoms with Gasteiger partial charge in [0.25, 0.3) is 0 Å². The first-order chi connectivity index (χ1) is 16.9. The van der Waals surface area contributed by atoms with Crippen molar-refractivity contribution >= 4 is 33.5 Å². The smallest absolute Gasteiger partial charge is 0.241 e. The van der Waals surface area contributed by atoms with Crippen LogP contribution in [0, 0.1) is 18.3 Å². The number of aryl methyl sites for hydroxylation is 1. The van der Waals surface area contributed by atoms with Gasteiger partial charge < -0.3 is 5.73 Å². The fourth-order valence-corrected chi connectivity index (χ4v) is 4.54. The molecule has 0 aliphatic heterocycles. The maximum Gasteiger partial charge on any atom is 0.241 e. The topological polar surface area (TPSA) is 111 Å². The summed E-state index contributed by atoms with van der Waals surface area (Å²) >= 11 is 0. The Balaban J connectivity index is 1.66. The molecule has 4 heterocycles. The molecular formula is C27H22N8. The molecule has 0 spiro atoms. The lowest BCUT2D eigenvalue weighted by Gasteiger charge is -2.16. The van der Waals surface area contributed by atoms with Gasteiger partial charge >= 0.3 is 0 Å². The van der Waals surface area contributed by atoms with E-state index in [-0.39, 0.29) is 0 Å². The molecule has 8 heteroatoms. The second-order valence-corrected chi connectivity index (χ2v) is 9.20. The van der Waals surface area contributed by atoms with E-state index in [9.17, 15) is 5.26 Å². The molecule has 6 rings (SSSR count). The molecule has 0 radical (unpaired) electrons. The third-order valence-corrected chi connectivity index (χ3v) is 6.54. The second kappa shape index (κ2) is 7.37. The van der Waals surface area contributed by atoms with E-state index in [4.69, 9.17) is 10.7 Å². The fraction of sp³-hybridized carbons (Fsp3) is 0.148. The number of hydrogen-bond acceptors (Lipinski definition) is 6. The SMILES string of the molecule is Cc1nnc2n(-c3ccc(C(C)(C)C#N)cc3)c3c4cc(-c5ccc(N)nc5)ccc4ncc3n12. The number of pyridine rings is 2. The average molecular weight is 459 g/mol. The minimum Gasteiger partial charge on any atom is -0.384 e. The second-order valence-electron chi connectivity index (χ2n) is 9.20. The van der Waals surface area contributed by atoms with Crippen LogP contribution >= 0.6 is 0 Å². The molecule has 0 amide bonds. The van der Waals surface area contributed by atoms with E-state index in [1.165, 1.54) is 0 Å². The predicted molar refractivity (Wildman–Crippen MR) is 136 cm³/mol. The van der Waals surface area contributed by atoms with Crippen LogP contribution in [0.1, 0.15) is 25.2 Å². The molecule has 6 aromatic rings. The molecule has 8 nitrogen and oxygen atoms in total. The van der Waals surface area contributed by atoms with Gasteiger partial charge in [-0.3, -0.25) is 14.0 Å². The molecule has 4 aromatic heterocycles. The third-order valence-electron chi connectivity index (χ3n) is 6.54. The molecule has 0 aliphatic carbocycles. The normalized spacial score (nSPS) is 11.9. The van der Waals surface area contributed by atoms with Gasteiger partial charge in [0.05, 0.1) is 34.2 Å². The molecule has 0 unspecified atom stereocenters. The lowest BCUT2D eigenvalue weighted by molar-refractivity contribution is 0.687. The van der Waals surface area contributed by atoms with Gasteiger partial charge in [-0.2, -0.15) is 5.26 Å². The number of benzene rings is 2. The average Bonchev–Trinajstić information content (AvgIpc) is 3.42. The highest BCUT2D eigenvalue weighted by molar-refractivity contribution is 6.06. The molecular weight excluding hydrogens is 436 g/mol. The highest BCUT2D eigenvalue weighted by atomic mass is 15.3. The summed E-state index contributed by atoms with van der Waals surface area (Å²) in [5.74, 6) is 1.98. The van der Waals surface area contributed by atoms with Gasteiger partial charge in [0.2, 0.25) is 5.78 Å². The first kappa shape index (κ1) is 20.8. The van der Waals surface area contributed by atoms with E-state index in [1.807, 2.05) is 73.8 Å². The summed E-state index contributed by atoms with van der Waals surface area (Å²) in [4.78, 5) is 8.98. The van der Waals surface area contributed by atoms with Crippen LogP contribution in [0.4, 0.5) is 5.82 Å². The summed E-state index contributed by atoms with van der Waals surface area (Å²) in [6.07, 6.45) is 3.65. The van der Waals surface area contributed by atoms with E-state index in [2.05, 4.69) is 31.9 Å². The molecule has 0 fully saturated rings. The van der Waals surface area contributed by atoms with Crippen LogP contribution in [-0.2, 0) is 5.41 Å². The zero-order chi connectivity index (χ0) is 24.3. The van der Waals surface area contributed by atoms with E-state index in [0.717, 1.165) is 50.1 Å². The number of anilines is 1. The van der Waals surface area contributed by atoms with Crippen LogP contribution in [0.25, 0.3) is 44.5 Å². The van der Waals surface area contributed by atoms with Crippen molar-refractivity contribution in [2.24, 2.45) is 0 Å². The Morgan fingerprint density at radius 3 is 2.40 bits per heavy atom. The maximum absolute atomic E-state index is 9.54. The van der Waals surface area contributed by atoms with Crippen LogP contribution < -0.4 is 5.73 Å². The first-order valence-corrected chi connectivity index (χ1v) is 11.3. The Kier molecular flexibility index (Phi) is 4.38. The van der Waals surface area contributed by atoms with Crippen molar-refractivity contribution in [3.05, 3.63) is 78.4 Å². The fourth-order valence-electron chi connectivity index (χ4n) is 4.54. The van der Waals surface area contributed by atoms with Crippen molar-refractivity contribution < 1.29 is 0 Å². The van der Waals surface area contributed by atoms with E-state index < -0.39 is 5.41 Å². The molecule has 2 aromatic carbocycles. The van der Waals surface area contributed by atoms with Gasteiger partial charge in [-0.05, 0) is 68.3 Å². The van der Waals surface area contributed by atoms with Crippen LogP contribution in [0.5, 0.6) is 0 Å². The summed E-state index contributed by atoms with van der Waals surface area (Å²) in [5.41, 5.74) is 11.9. The molecule has 170 valence electrons. The van der Waals surface area contributed by atoms with Crippen molar-refractivity contribution in [1.29, 1.82) is 5.26 Å². The monoisotopic (exact) mass is 458 g/mol. The lowest BCUT2D eigenvalue weighted by atomic mass is 9.86. The molecule has 2 N–H and O–H groups in total. The van der Waals surface area contributed by atoms with Gasteiger partial charge in [-0.25, -0.2) is 4.98 Å². The number of imidazole rings is 1. The van der Waals surface area contributed by atoms with E-state index >= 15 is 0 Å². The minimum atomic E-state index is -0.573. The molecule has 0 aliphatic rings. The van der Waals surface area contributed by atoms with Crippen molar-refractivity contribution in [2.75, 3.05) is 5.73 Å².